The molecule has 76 valence electrons. The number of halogens is 3. The van der Waals surface area contributed by atoms with E-state index < -0.39 is 17.2 Å². The Morgan fingerprint density at radius 2 is 1.86 bits per heavy atom. The maximum atomic E-state index is 13.4. The quantitative estimate of drug-likeness (QED) is 0.720. The molecule has 0 atom stereocenters. The van der Waals surface area contributed by atoms with Crippen molar-refractivity contribution < 1.29 is 8.78 Å². The van der Waals surface area contributed by atoms with Crippen molar-refractivity contribution >= 4 is 11.6 Å². The summed E-state index contributed by atoms with van der Waals surface area (Å²) in [6, 6.07) is 2.09. The Bertz CT molecular complexity index is 375. The molecule has 0 aromatic heterocycles. The van der Waals surface area contributed by atoms with E-state index in [1.54, 1.807) is 0 Å². The standard InChI is InChI=1S/C10H10ClF2N/c11-7-5-8(12)6(4-9(7)13)10(14)2-1-3-10/h4-5H,1-3,14H2. The van der Waals surface area contributed by atoms with Crippen molar-refractivity contribution in [1.82, 2.24) is 0 Å². The van der Waals surface area contributed by atoms with Gasteiger partial charge in [0.2, 0.25) is 0 Å². The molecule has 1 aromatic carbocycles. The minimum atomic E-state index is -0.685. The largest absolute Gasteiger partial charge is 0.321 e. The fourth-order valence-electron chi connectivity index (χ4n) is 1.73. The van der Waals surface area contributed by atoms with Crippen molar-refractivity contribution in [3.05, 3.63) is 34.4 Å². The third-order valence-corrected chi connectivity index (χ3v) is 3.08. The van der Waals surface area contributed by atoms with Crippen LogP contribution in [0.25, 0.3) is 0 Å². The molecule has 0 radical (unpaired) electrons. The van der Waals surface area contributed by atoms with Gasteiger partial charge in [-0.2, -0.15) is 0 Å². The summed E-state index contributed by atoms with van der Waals surface area (Å²) in [5, 5.41) is -0.200. The fourth-order valence-corrected chi connectivity index (χ4v) is 1.88. The molecule has 1 saturated carbocycles. The minimum Gasteiger partial charge on any atom is -0.321 e. The molecule has 1 aromatic rings. The molecule has 4 heteroatoms. The summed E-state index contributed by atoms with van der Waals surface area (Å²) in [5.41, 5.74) is 5.45. The average molecular weight is 218 g/mol. The molecule has 0 saturated heterocycles. The highest BCUT2D eigenvalue weighted by Crippen LogP contribution is 2.40. The van der Waals surface area contributed by atoms with E-state index in [1.807, 2.05) is 0 Å². The monoisotopic (exact) mass is 217 g/mol. The molecule has 0 aliphatic heterocycles. The van der Waals surface area contributed by atoms with Crippen molar-refractivity contribution in [1.29, 1.82) is 0 Å². The van der Waals surface area contributed by atoms with E-state index in [2.05, 4.69) is 0 Å². The zero-order valence-corrected chi connectivity index (χ0v) is 8.24. The third kappa shape index (κ3) is 1.41. The summed E-state index contributed by atoms with van der Waals surface area (Å²) in [6.45, 7) is 0. The van der Waals surface area contributed by atoms with Gasteiger partial charge in [0.25, 0.3) is 0 Å². The van der Waals surface area contributed by atoms with Gasteiger partial charge >= 0.3 is 0 Å². The number of hydrogen-bond acceptors (Lipinski definition) is 1. The zero-order valence-electron chi connectivity index (χ0n) is 7.49. The van der Waals surface area contributed by atoms with Gasteiger partial charge < -0.3 is 5.73 Å². The van der Waals surface area contributed by atoms with E-state index in [9.17, 15) is 8.78 Å². The predicted octanol–water partition coefficient (Wildman–Crippen LogP) is 2.96. The van der Waals surface area contributed by atoms with E-state index in [1.165, 1.54) is 0 Å². The lowest BCUT2D eigenvalue weighted by Crippen LogP contribution is -2.44. The normalized spacial score (nSPS) is 19.1. The van der Waals surface area contributed by atoms with E-state index in [0.29, 0.717) is 12.8 Å². The van der Waals surface area contributed by atoms with Crippen molar-refractivity contribution in [2.24, 2.45) is 5.73 Å². The second kappa shape index (κ2) is 3.17. The molecule has 14 heavy (non-hydrogen) atoms. The highest BCUT2D eigenvalue weighted by Gasteiger charge is 2.37. The summed E-state index contributed by atoms with van der Waals surface area (Å²) in [4.78, 5) is 0. The van der Waals surface area contributed by atoms with Crippen LogP contribution >= 0.6 is 11.6 Å². The maximum absolute atomic E-state index is 13.4. The molecule has 0 spiro atoms. The summed E-state index contributed by atoms with van der Waals surface area (Å²) in [6.07, 6.45) is 2.36. The van der Waals surface area contributed by atoms with Crippen LogP contribution in [-0.4, -0.2) is 0 Å². The van der Waals surface area contributed by atoms with Gasteiger partial charge in [0.15, 0.2) is 0 Å². The highest BCUT2D eigenvalue weighted by molar-refractivity contribution is 6.30. The summed E-state index contributed by atoms with van der Waals surface area (Å²) in [5.74, 6) is -1.13. The van der Waals surface area contributed by atoms with Crippen LogP contribution in [0.2, 0.25) is 5.02 Å². The predicted molar refractivity (Wildman–Crippen MR) is 51.1 cm³/mol. The summed E-state index contributed by atoms with van der Waals surface area (Å²) < 4.78 is 26.5. The van der Waals surface area contributed by atoms with Gasteiger partial charge in [-0.25, -0.2) is 8.78 Å². The van der Waals surface area contributed by atoms with Crippen LogP contribution in [0.5, 0.6) is 0 Å². The Balaban J connectivity index is 2.48. The molecule has 1 nitrogen and oxygen atoms in total. The molecule has 1 aliphatic rings. The van der Waals surface area contributed by atoms with Crippen molar-refractivity contribution in [2.45, 2.75) is 24.8 Å². The SMILES string of the molecule is NC1(c2cc(F)c(Cl)cc2F)CCC1. The van der Waals surface area contributed by atoms with Crippen LogP contribution in [0.15, 0.2) is 12.1 Å². The zero-order chi connectivity index (χ0) is 10.3. The van der Waals surface area contributed by atoms with Gasteiger partial charge in [-0.05, 0) is 31.4 Å². The van der Waals surface area contributed by atoms with E-state index in [-0.39, 0.29) is 10.6 Å². The second-order valence-corrected chi connectivity index (χ2v) is 4.16. The van der Waals surface area contributed by atoms with Gasteiger partial charge in [0, 0.05) is 11.1 Å². The second-order valence-electron chi connectivity index (χ2n) is 3.76. The van der Waals surface area contributed by atoms with Crippen LogP contribution in [0.4, 0.5) is 8.78 Å². The van der Waals surface area contributed by atoms with Gasteiger partial charge in [0.1, 0.15) is 11.6 Å². The van der Waals surface area contributed by atoms with Crippen molar-refractivity contribution in [2.75, 3.05) is 0 Å². The van der Waals surface area contributed by atoms with Crippen LogP contribution in [-0.2, 0) is 5.54 Å². The van der Waals surface area contributed by atoms with Gasteiger partial charge in [-0.15, -0.1) is 0 Å². The molecule has 2 rings (SSSR count). The molecule has 0 heterocycles. The minimum absolute atomic E-state index is 0.200. The number of hydrogen-bond donors (Lipinski definition) is 1. The first-order chi connectivity index (χ1) is 6.53. The molecule has 0 unspecified atom stereocenters. The first-order valence-corrected chi connectivity index (χ1v) is 4.85. The van der Waals surface area contributed by atoms with Gasteiger partial charge in [-0.3, -0.25) is 0 Å². The average Bonchev–Trinajstić information content (AvgIpc) is 2.07. The number of rotatable bonds is 1. The molecule has 0 bridgehead atoms. The molecule has 1 aliphatic carbocycles. The summed E-state index contributed by atoms with van der Waals surface area (Å²) in [7, 11) is 0. The lowest BCUT2D eigenvalue weighted by molar-refractivity contribution is 0.244. The van der Waals surface area contributed by atoms with Crippen LogP contribution < -0.4 is 5.73 Å². The summed E-state index contributed by atoms with van der Waals surface area (Å²) >= 11 is 5.44. The Morgan fingerprint density at radius 3 is 2.36 bits per heavy atom. The topological polar surface area (TPSA) is 26.0 Å². The Morgan fingerprint density at radius 1 is 1.21 bits per heavy atom. The van der Waals surface area contributed by atoms with E-state index >= 15 is 0 Å². The Hall–Kier alpha value is -0.670. The Labute approximate surface area is 85.9 Å². The third-order valence-electron chi connectivity index (χ3n) is 2.79. The van der Waals surface area contributed by atoms with E-state index in [0.717, 1.165) is 18.6 Å². The van der Waals surface area contributed by atoms with Crippen molar-refractivity contribution in [3.63, 3.8) is 0 Å². The first kappa shape index (κ1) is 9.87. The molecular formula is C10H10ClF2N. The van der Waals surface area contributed by atoms with Gasteiger partial charge in [0.05, 0.1) is 5.02 Å². The van der Waals surface area contributed by atoms with Crippen LogP contribution in [0, 0.1) is 11.6 Å². The molecular weight excluding hydrogens is 208 g/mol. The lowest BCUT2D eigenvalue weighted by atomic mass is 9.72. The molecule has 2 N–H and O–H groups in total. The van der Waals surface area contributed by atoms with E-state index in [4.69, 9.17) is 17.3 Å². The molecule has 1 fully saturated rings. The number of nitrogens with two attached hydrogens (primary N) is 1. The first-order valence-electron chi connectivity index (χ1n) is 4.47. The highest BCUT2D eigenvalue weighted by atomic mass is 35.5. The fraction of sp³-hybridized carbons (Fsp3) is 0.400. The maximum Gasteiger partial charge on any atom is 0.142 e. The van der Waals surface area contributed by atoms with Crippen LogP contribution in [0.3, 0.4) is 0 Å². The van der Waals surface area contributed by atoms with Crippen LogP contribution in [0.1, 0.15) is 24.8 Å². The number of benzene rings is 1. The van der Waals surface area contributed by atoms with Crippen molar-refractivity contribution in [3.8, 4) is 0 Å². The lowest BCUT2D eigenvalue weighted by Gasteiger charge is -2.38. The molecule has 0 amide bonds. The smallest absolute Gasteiger partial charge is 0.142 e. The van der Waals surface area contributed by atoms with Gasteiger partial charge in [-0.1, -0.05) is 11.6 Å². The Kier molecular flexibility index (Phi) is 2.24.